The number of carboxylic acid groups (broad SMARTS) is 1. The van der Waals surface area contributed by atoms with Crippen molar-refractivity contribution >= 4 is 19.3 Å². The topological polar surface area (TPSA) is 99.5 Å². The number of pyridine rings is 1. The molecule has 1 atom stereocenters. The Morgan fingerprint density at radius 2 is 1.90 bits per heavy atom. The van der Waals surface area contributed by atoms with Crippen LogP contribution in [-0.2, 0) is 21.9 Å². The van der Waals surface area contributed by atoms with E-state index in [1.54, 1.807) is 36.4 Å². The number of rotatable bonds is 6. The lowest BCUT2D eigenvalue weighted by molar-refractivity contribution is -0.136. The third kappa shape index (κ3) is 4.70. The Bertz CT molecular complexity index is 676. The molecular weight excluding hydrogens is 291 g/mol. The molecule has 0 saturated heterocycles. The lowest BCUT2D eigenvalue weighted by Crippen LogP contribution is -2.07. The highest BCUT2D eigenvalue weighted by molar-refractivity contribution is 7.58. The molecular formula is C14H15N2O4P. The van der Waals surface area contributed by atoms with Crippen LogP contribution in [0.3, 0.4) is 0 Å². The first-order valence-electron chi connectivity index (χ1n) is 6.26. The lowest BCUT2D eigenvalue weighted by Gasteiger charge is -2.15. The Morgan fingerprint density at radius 1 is 1.19 bits per heavy atom. The molecule has 1 heterocycles. The highest BCUT2D eigenvalue weighted by atomic mass is 31.2. The van der Waals surface area contributed by atoms with Gasteiger partial charge < -0.3 is 10.00 Å². The quantitative estimate of drug-likeness (QED) is 0.709. The van der Waals surface area contributed by atoms with Gasteiger partial charge in [0, 0.05) is 11.8 Å². The number of benzene rings is 1. The molecule has 0 spiro atoms. The van der Waals surface area contributed by atoms with Gasteiger partial charge in [0.2, 0.25) is 0 Å². The van der Waals surface area contributed by atoms with Gasteiger partial charge in [-0.05, 0) is 11.6 Å². The fourth-order valence-corrected chi connectivity index (χ4v) is 3.20. The van der Waals surface area contributed by atoms with Gasteiger partial charge in [0.25, 0.3) is 7.52 Å². The maximum atomic E-state index is 12.2. The number of aromatic nitrogens is 1. The van der Waals surface area contributed by atoms with Gasteiger partial charge in [0.05, 0.1) is 12.6 Å². The average molecular weight is 306 g/mol. The molecule has 1 unspecified atom stereocenters. The van der Waals surface area contributed by atoms with Crippen LogP contribution in [0.25, 0.3) is 0 Å². The molecule has 6 nitrogen and oxygen atoms in total. The van der Waals surface area contributed by atoms with E-state index in [-0.39, 0.29) is 18.4 Å². The summed E-state index contributed by atoms with van der Waals surface area (Å²) in [7, 11) is -3.71. The van der Waals surface area contributed by atoms with Gasteiger partial charge in [-0.3, -0.25) is 14.4 Å². The molecule has 7 heteroatoms. The highest BCUT2D eigenvalue weighted by Gasteiger charge is 2.21. The number of anilines is 1. The molecule has 110 valence electrons. The van der Waals surface area contributed by atoms with Crippen LogP contribution in [0.2, 0.25) is 0 Å². The Balaban J connectivity index is 2.17. The van der Waals surface area contributed by atoms with Gasteiger partial charge in [0.15, 0.2) is 0 Å². The minimum Gasteiger partial charge on any atom is -0.481 e. The summed E-state index contributed by atoms with van der Waals surface area (Å²) in [4.78, 5) is 24.8. The van der Waals surface area contributed by atoms with Crippen LogP contribution < -0.4 is 5.09 Å². The van der Waals surface area contributed by atoms with E-state index in [1.807, 2.05) is 6.07 Å². The predicted octanol–water partition coefficient (Wildman–Crippen LogP) is 2.51. The summed E-state index contributed by atoms with van der Waals surface area (Å²) < 4.78 is 12.2. The molecule has 0 aliphatic carbocycles. The van der Waals surface area contributed by atoms with Gasteiger partial charge >= 0.3 is 5.97 Å². The van der Waals surface area contributed by atoms with Crippen LogP contribution in [-0.4, -0.2) is 21.0 Å². The molecule has 2 rings (SSSR count). The summed E-state index contributed by atoms with van der Waals surface area (Å²) in [5.41, 5.74) is 1.08. The largest absolute Gasteiger partial charge is 0.481 e. The monoisotopic (exact) mass is 306 g/mol. The van der Waals surface area contributed by atoms with Crippen molar-refractivity contribution in [3.8, 4) is 0 Å². The lowest BCUT2D eigenvalue weighted by atomic mass is 10.2. The van der Waals surface area contributed by atoms with E-state index >= 15 is 0 Å². The molecule has 0 saturated carbocycles. The number of hydrogen-bond acceptors (Lipinski definition) is 3. The van der Waals surface area contributed by atoms with Crippen LogP contribution >= 0.6 is 7.52 Å². The second kappa shape index (κ2) is 6.52. The third-order valence-corrected chi connectivity index (χ3v) is 4.11. The minimum absolute atomic E-state index is 0.0586. The number of aliphatic carboxylic acids is 1. The maximum Gasteiger partial charge on any atom is 0.307 e. The van der Waals surface area contributed by atoms with E-state index < -0.39 is 13.5 Å². The van der Waals surface area contributed by atoms with Crippen molar-refractivity contribution < 1.29 is 19.4 Å². The van der Waals surface area contributed by atoms with Crippen molar-refractivity contribution in [3.05, 3.63) is 59.8 Å². The molecule has 3 N–H and O–H groups in total. The van der Waals surface area contributed by atoms with Crippen LogP contribution in [0, 0.1) is 0 Å². The molecule has 0 aliphatic heterocycles. The molecule has 0 bridgehead atoms. The van der Waals surface area contributed by atoms with Gasteiger partial charge in [-0.1, -0.05) is 36.4 Å². The third-order valence-electron chi connectivity index (χ3n) is 2.75. The van der Waals surface area contributed by atoms with Gasteiger partial charge in [0.1, 0.15) is 5.82 Å². The molecule has 0 radical (unpaired) electrons. The maximum absolute atomic E-state index is 12.2. The zero-order valence-corrected chi connectivity index (χ0v) is 12.0. The van der Waals surface area contributed by atoms with Crippen LogP contribution in [0.4, 0.5) is 5.82 Å². The molecule has 21 heavy (non-hydrogen) atoms. The van der Waals surface area contributed by atoms with Crippen LogP contribution in [0.1, 0.15) is 11.1 Å². The number of nitrogens with zero attached hydrogens (tertiary/aromatic N) is 1. The summed E-state index contributed by atoms with van der Waals surface area (Å²) >= 11 is 0. The van der Waals surface area contributed by atoms with E-state index in [4.69, 9.17) is 5.11 Å². The number of hydrogen-bond donors (Lipinski definition) is 3. The first-order chi connectivity index (χ1) is 9.96. The Kier molecular flexibility index (Phi) is 4.73. The minimum atomic E-state index is -3.71. The molecule has 1 aromatic heterocycles. The van der Waals surface area contributed by atoms with Gasteiger partial charge in [-0.2, -0.15) is 0 Å². The van der Waals surface area contributed by atoms with Crippen molar-refractivity contribution in [1.29, 1.82) is 0 Å². The first-order valence-corrected chi connectivity index (χ1v) is 8.10. The standard InChI is InChI=1S/C14H15N2O4P/c17-13(18)9-12-7-4-8-15-14(12)16-21(19,20)10-11-5-2-1-3-6-11/h1-8H,9-10H2,(H,17,18)(H2,15,16,19,20). The summed E-state index contributed by atoms with van der Waals surface area (Å²) in [6, 6.07) is 12.0. The number of carboxylic acids is 1. The molecule has 0 aliphatic rings. The van der Waals surface area contributed by atoms with Crippen molar-refractivity contribution in [2.75, 3.05) is 5.09 Å². The van der Waals surface area contributed by atoms with E-state index in [0.717, 1.165) is 0 Å². The van der Waals surface area contributed by atoms with Crippen molar-refractivity contribution in [3.63, 3.8) is 0 Å². The van der Waals surface area contributed by atoms with E-state index in [9.17, 15) is 14.3 Å². The van der Waals surface area contributed by atoms with Crippen LogP contribution in [0.5, 0.6) is 0 Å². The predicted molar refractivity (Wildman–Crippen MR) is 79.2 cm³/mol. The van der Waals surface area contributed by atoms with Crippen LogP contribution in [0.15, 0.2) is 48.7 Å². The normalized spacial score (nSPS) is 13.4. The fraction of sp³-hybridized carbons (Fsp3) is 0.143. The summed E-state index contributed by atoms with van der Waals surface area (Å²) in [6.07, 6.45) is 1.12. The van der Waals surface area contributed by atoms with E-state index in [0.29, 0.717) is 11.1 Å². The van der Waals surface area contributed by atoms with Crippen molar-refractivity contribution in [2.45, 2.75) is 12.6 Å². The second-order valence-corrected chi connectivity index (χ2v) is 6.48. The Morgan fingerprint density at radius 3 is 2.57 bits per heavy atom. The number of carbonyl (C=O) groups is 1. The van der Waals surface area contributed by atoms with Crippen molar-refractivity contribution in [1.82, 2.24) is 4.98 Å². The first kappa shape index (κ1) is 15.2. The molecule has 0 fully saturated rings. The summed E-state index contributed by atoms with van der Waals surface area (Å²) in [5, 5.41) is 11.3. The summed E-state index contributed by atoms with van der Waals surface area (Å²) in [5.74, 6) is -0.899. The van der Waals surface area contributed by atoms with E-state index in [1.165, 1.54) is 6.20 Å². The highest BCUT2D eigenvalue weighted by Crippen LogP contribution is 2.44. The molecule has 2 aromatic rings. The Labute approximate surface area is 122 Å². The average Bonchev–Trinajstić information content (AvgIpc) is 2.41. The fourth-order valence-electron chi connectivity index (χ4n) is 1.88. The molecule has 0 amide bonds. The number of nitrogens with one attached hydrogen (secondary N) is 1. The zero-order valence-electron chi connectivity index (χ0n) is 11.1. The molecule has 1 aromatic carbocycles. The van der Waals surface area contributed by atoms with Gasteiger partial charge in [-0.25, -0.2) is 4.98 Å². The smallest absolute Gasteiger partial charge is 0.307 e. The van der Waals surface area contributed by atoms with Crippen molar-refractivity contribution in [2.24, 2.45) is 0 Å². The zero-order chi connectivity index (χ0) is 15.3. The summed E-state index contributed by atoms with van der Waals surface area (Å²) in [6.45, 7) is 0. The van der Waals surface area contributed by atoms with E-state index in [2.05, 4.69) is 10.1 Å². The van der Waals surface area contributed by atoms with Gasteiger partial charge in [-0.15, -0.1) is 0 Å². The second-order valence-electron chi connectivity index (χ2n) is 4.54. The SMILES string of the molecule is O=C(O)Cc1cccnc1NP(=O)(O)Cc1ccccc1. The Hall–Kier alpha value is -2.17.